The SMILES string of the molecule is CP(C)(=O)c1ccccc1Nc1nc(N)[nH+]cc1Cl. The van der Waals surface area contributed by atoms with Crippen molar-refractivity contribution in [3.63, 3.8) is 0 Å². The van der Waals surface area contributed by atoms with E-state index in [0.29, 0.717) is 10.8 Å². The van der Waals surface area contributed by atoms with Crippen LogP contribution >= 0.6 is 18.7 Å². The number of hydrogen-bond acceptors (Lipinski definition) is 4. The average molecular weight is 298 g/mol. The lowest BCUT2D eigenvalue weighted by Gasteiger charge is -2.13. The molecule has 0 saturated heterocycles. The number of para-hydroxylation sites is 1. The molecule has 1 aromatic heterocycles. The van der Waals surface area contributed by atoms with Gasteiger partial charge in [-0.05, 0) is 25.5 Å². The zero-order valence-electron chi connectivity index (χ0n) is 10.6. The van der Waals surface area contributed by atoms with Gasteiger partial charge in [-0.1, -0.05) is 28.7 Å². The molecule has 0 fully saturated rings. The number of nitrogens with two attached hydrogens (primary N) is 1. The Kier molecular flexibility index (Phi) is 3.78. The van der Waals surface area contributed by atoms with Gasteiger partial charge in [0.05, 0.1) is 11.9 Å². The van der Waals surface area contributed by atoms with E-state index in [1.807, 2.05) is 24.3 Å². The second kappa shape index (κ2) is 5.19. The number of benzene rings is 1. The molecule has 100 valence electrons. The van der Waals surface area contributed by atoms with Crippen molar-refractivity contribution in [1.82, 2.24) is 4.98 Å². The molecular formula is C12H15ClN4OP+. The lowest BCUT2D eigenvalue weighted by Crippen LogP contribution is -2.15. The number of nitrogen functional groups attached to an aromatic ring is 1. The summed E-state index contributed by atoms with van der Waals surface area (Å²) in [6, 6.07) is 7.37. The average Bonchev–Trinajstić information content (AvgIpc) is 2.33. The monoisotopic (exact) mass is 297 g/mol. The van der Waals surface area contributed by atoms with E-state index in [1.165, 1.54) is 0 Å². The van der Waals surface area contributed by atoms with E-state index in [-0.39, 0.29) is 5.95 Å². The van der Waals surface area contributed by atoms with Gasteiger partial charge in [0.25, 0.3) is 0 Å². The summed E-state index contributed by atoms with van der Waals surface area (Å²) in [6.45, 7) is 3.44. The first-order valence-corrected chi connectivity index (χ1v) is 8.61. The normalized spacial score (nSPS) is 11.3. The third-order valence-electron chi connectivity index (χ3n) is 2.54. The Balaban J connectivity index is 2.44. The maximum atomic E-state index is 12.3. The Labute approximate surface area is 116 Å². The van der Waals surface area contributed by atoms with Crippen LogP contribution in [0.4, 0.5) is 17.5 Å². The molecule has 1 aromatic carbocycles. The zero-order valence-corrected chi connectivity index (χ0v) is 12.3. The van der Waals surface area contributed by atoms with E-state index < -0.39 is 7.14 Å². The first-order valence-electron chi connectivity index (χ1n) is 5.63. The van der Waals surface area contributed by atoms with Crippen molar-refractivity contribution in [2.24, 2.45) is 0 Å². The van der Waals surface area contributed by atoms with E-state index >= 15 is 0 Å². The summed E-state index contributed by atoms with van der Waals surface area (Å²) in [5, 5.41) is 4.23. The molecule has 4 N–H and O–H groups in total. The van der Waals surface area contributed by atoms with Crippen molar-refractivity contribution in [3.8, 4) is 0 Å². The molecule has 5 nitrogen and oxygen atoms in total. The van der Waals surface area contributed by atoms with Crippen LogP contribution in [0.3, 0.4) is 0 Å². The van der Waals surface area contributed by atoms with Crippen LogP contribution in [0, 0.1) is 0 Å². The van der Waals surface area contributed by atoms with Crippen LogP contribution < -0.4 is 21.3 Å². The number of H-pyrrole nitrogens is 1. The van der Waals surface area contributed by atoms with Crippen LogP contribution in [0.2, 0.25) is 5.02 Å². The summed E-state index contributed by atoms with van der Waals surface area (Å²) in [6.07, 6.45) is 1.55. The van der Waals surface area contributed by atoms with Gasteiger partial charge in [0.1, 0.15) is 12.2 Å². The Bertz CT molecular complexity index is 656. The van der Waals surface area contributed by atoms with Gasteiger partial charge in [-0.3, -0.25) is 5.73 Å². The van der Waals surface area contributed by atoms with E-state index in [4.69, 9.17) is 17.3 Å². The van der Waals surface area contributed by atoms with Crippen molar-refractivity contribution in [3.05, 3.63) is 35.5 Å². The summed E-state index contributed by atoms with van der Waals surface area (Å²) in [4.78, 5) is 6.79. The number of rotatable bonds is 3. The molecule has 0 aliphatic rings. The Morgan fingerprint density at radius 1 is 1.37 bits per heavy atom. The first kappa shape index (κ1) is 13.8. The third kappa shape index (κ3) is 3.25. The molecule has 0 saturated carbocycles. The van der Waals surface area contributed by atoms with Crippen LogP contribution in [-0.4, -0.2) is 18.3 Å². The van der Waals surface area contributed by atoms with Crippen molar-refractivity contribution < 1.29 is 9.55 Å². The molecule has 0 aliphatic carbocycles. The van der Waals surface area contributed by atoms with Crippen LogP contribution in [0.1, 0.15) is 0 Å². The minimum absolute atomic E-state index is 0.251. The quantitative estimate of drug-likeness (QED) is 0.850. The highest BCUT2D eigenvalue weighted by Gasteiger charge is 2.18. The molecule has 19 heavy (non-hydrogen) atoms. The highest BCUT2D eigenvalue weighted by Crippen LogP contribution is 2.38. The lowest BCUT2D eigenvalue weighted by molar-refractivity contribution is -0.363. The number of halogens is 1. The van der Waals surface area contributed by atoms with E-state index in [9.17, 15) is 4.57 Å². The molecule has 0 bridgehead atoms. The maximum Gasteiger partial charge on any atom is 0.389 e. The van der Waals surface area contributed by atoms with Gasteiger partial charge < -0.3 is 9.88 Å². The fourth-order valence-corrected chi connectivity index (χ4v) is 2.98. The minimum Gasteiger partial charge on any atom is -0.324 e. The molecule has 7 heteroatoms. The Morgan fingerprint density at radius 3 is 2.74 bits per heavy atom. The highest BCUT2D eigenvalue weighted by atomic mass is 35.5. The molecule has 0 radical (unpaired) electrons. The predicted molar refractivity (Wildman–Crippen MR) is 79.0 cm³/mol. The Hall–Kier alpha value is -1.58. The van der Waals surface area contributed by atoms with E-state index in [0.717, 1.165) is 11.0 Å². The summed E-state index contributed by atoms with van der Waals surface area (Å²) < 4.78 is 12.3. The van der Waals surface area contributed by atoms with Gasteiger partial charge in [0.15, 0.2) is 0 Å². The fourth-order valence-electron chi connectivity index (χ4n) is 1.68. The number of nitrogens with zero attached hydrogens (tertiary/aromatic N) is 1. The van der Waals surface area contributed by atoms with Gasteiger partial charge in [-0.25, -0.2) is 4.98 Å². The van der Waals surface area contributed by atoms with Crippen molar-refractivity contribution in [1.29, 1.82) is 0 Å². The molecular weight excluding hydrogens is 283 g/mol. The maximum absolute atomic E-state index is 12.3. The number of nitrogens with one attached hydrogen (secondary N) is 2. The standard InChI is InChI=1S/C12H14ClN4OP/c1-19(2,18)10-6-4-3-5-9(10)16-11-8(13)7-15-12(14)17-11/h3-7H,1-2H3,(H3,14,15,16,17)/p+1. The smallest absolute Gasteiger partial charge is 0.324 e. The zero-order chi connectivity index (χ0) is 14.0. The van der Waals surface area contributed by atoms with Crippen LogP contribution in [-0.2, 0) is 4.57 Å². The summed E-state index contributed by atoms with van der Waals surface area (Å²) in [5.41, 5.74) is 6.30. The van der Waals surface area contributed by atoms with Gasteiger partial charge in [-0.2, -0.15) is 0 Å². The molecule has 2 aromatic rings. The van der Waals surface area contributed by atoms with Gasteiger partial charge >= 0.3 is 5.95 Å². The van der Waals surface area contributed by atoms with Crippen LogP contribution in [0.15, 0.2) is 30.5 Å². The van der Waals surface area contributed by atoms with E-state index in [1.54, 1.807) is 19.5 Å². The number of aromatic nitrogens is 2. The first-order chi connectivity index (χ1) is 8.88. The topological polar surface area (TPSA) is 82.2 Å². The summed E-state index contributed by atoms with van der Waals surface area (Å²) >= 11 is 6.03. The number of aromatic amines is 1. The second-order valence-corrected chi connectivity index (χ2v) is 8.07. The Morgan fingerprint density at radius 2 is 2.05 bits per heavy atom. The molecule has 0 atom stereocenters. The van der Waals surface area contributed by atoms with Gasteiger partial charge in [-0.15, -0.1) is 0 Å². The largest absolute Gasteiger partial charge is 0.389 e. The third-order valence-corrected chi connectivity index (χ3v) is 4.38. The predicted octanol–water partition coefficient (Wildman–Crippen LogP) is 2.12. The number of anilines is 3. The second-order valence-electron chi connectivity index (χ2n) is 4.48. The highest BCUT2D eigenvalue weighted by molar-refractivity contribution is 7.70. The molecule has 0 aliphatic heterocycles. The fraction of sp³-hybridized carbons (Fsp3) is 0.167. The molecule has 0 unspecified atom stereocenters. The van der Waals surface area contributed by atoms with E-state index in [2.05, 4.69) is 15.3 Å². The van der Waals surface area contributed by atoms with Gasteiger partial charge in [0.2, 0.25) is 5.82 Å². The number of hydrogen-bond donors (Lipinski definition) is 2. The lowest BCUT2D eigenvalue weighted by atomic mass is 10.3. The van der Waals surface area contributed by atoms with Crippen molar-refractivity contribution >= 4 is 41.5 Å². The van der Waals surface area contributed by atoms with Crippen LogP contribution in [0.5, 0.6) is 0 Å². The molecule has 0 amide bonds. The van der Waals surface area contributed by atoms with Crippen molar-refractivity contribution in [2.75, 3.05) is 24.4 Å². The van der Waals surface area contributed by atoms with Crippen LogP contribution in [0.25, 0.3) is 0 Å². The summed E-state index contributed by atoms with van der Waals surface area (Å²) in [7, 11) is -2.39. The molecule has 1 heterocycles. The summed E-state index contributed by atoms with van der Waals surface area (Å²) in [5.74, 6) is 0.680. The molecule has 0 spiro atoms. The van der Waals surface area contributed by atoms with Crippen molar-refractivity contribution in [2.45, 2.75) is 0 Å². The minimum atomic E-state index is -2.39. The van der Waals surface area contributed by atoms with Gasteiger partial charge in [0, 0.05) is 5.30 Å². The molecule has 2 rings (SSSR count).